The van der Waals surface area contributed by atoms with Gasteiger partial charge >= 0.3 is 0 Å². The van der Waals surface area contributed by atoms with Crippen molar-refractivity contribution in [2.75, 3.05) is 12.8 Å². The molecule has 0 amide bonds. The summed E-state index contributed by atoms with van der Waals surface area (Å²) in [6.07, 6.45) is -0.0168. The zero-order valence-corrected chi connectivity index (χ0v) is 12.9. The molecular weight excluding hydrogens is 283 g/mol. The van der Waals surface area contributed by atoms with Crippen molar-refractivity contribution in [3.63, 3.8) is 0 Å². The minimum atomic E-state index is -2.89. The highest BCUT2D eigenvalue weighted by Crippen LogP contribution is 2.48. The van der Waals surface area contributed by atoms with E-state index in [1.54, 1.807) is 6.92 Å². The molecule has 0 saturated carbocycles. The van der Waals surface area contributed by atoms with Gasteiger partial charge < -0.3 is 14.4 Å². The second kappa shape index (κ2) is 5.42. The second-order valence-corrected chi connectivity index (χ2v) is 8.58. The first-order valence-corrected chi connectivity index (χ1v) is 8.96. The monoisotopic (exact) mass is 302 g/mol. The fraction of sp³-hybridized carbons (Fsp3) is 0.294. The predicted molar refractivity (Wildman–Crippen MR) is 85.0 cm³/mol. The third-order valence-corrected chi connectivity index (χ3v) is 7.27. The molecule has 3 rings (SSSR count). The molecule has 0 aliphatic carbocycles. The van der Waals surface area contributed by atoms with Gasteiger partial charge in [-0.05, 0) is 6.92 Å². The van der Waals surface area contributed by atoms with Crippen LogP contribution in [0.1, 0.15) is 6.92 Å². The topological polar surface area (TPSA) is 49.8 Å². The molecule has 3 nitrogen and oxygen atoms in total. The van der Waals surface area contributed by atoms with E-state index in [1.807, 2.05) is 60.7 Å². The van der Waals surface area contributed by atoms with Crippen molar-refractivity contribution in [1.29, 1.82) is 0 Å². The molecule has 0 spiro atoms. The van der Waals surface area contributed by atoms with Crippen LogP contribution in [0.2, 0.25) is 0 Å². The largest absolute Gasteiger partial charge is 0.387 e. The normalized spacial score (nSPS) is 20.8. The SMILES string of the molecule is C[C@](O)(CP(=O)(c1ccccc1)c1ccccc1)[C@@H]1CO1. The predicted octanol–water partition coefficient (Wildman–Crippen LogP) is 2.15. The van der Waals surface area contributed by atoms with Crippen molar-refractivity contribution >= 4 is 17.8 Å². The molecule has 21 heavy (non-hydrogen) atoms. The van der Waals surface area contributed by atoms with Gasteiger partial charge in [-0.2, -0.15) is 0 Å². The summed E-state index contributed by atoms with van der Waals surface area (Å²) in [5.74, 6) is 0. The van der Waals surface area contributed by atoms with E-state index in [4.69, 9.17) is 4.74 Å². The van der Waals surface area contributed by atoms with Gasteiger partial charge in [-0.1, -0.05) is 60.7 Å². The van der Waals surface area contributed by atoms with E-state index < -0.39 is 12.7 Å². The van der Waals surface area contributed by atoms with Gasteiger partial charge in [0.25, 0.3) is 0 Å². The van der Waals surface area contributed by atoms with Gasteiger partial charge in [0.15, 0.2) is 0 Å². The van der Waals surface area contributed by atoms with Crippen LogP contribution < -0.4 is 10.6 Å². The summed E-state index contributed by atoms with van der Waals surface area (Å²) in [4.78, 5) is 0. The fourth-order valence-electron chi connectivity index (χ4n) is 2.63. The Balaban J connectivity index is 2.05. The summed E-state index contributed by atoms with van der Waals surface area (Å²) >= 11 is 0. The van der Waals surface area contributed by atoms with E-state index in [1.165, 1.54) is 0 Å². The first-order chi connectivity index (χ1) is 10.0. The molecule has 4 heteroatoms. The van der Waals surface area contributed by atoms with Crippen LogP contribution in [0, 0.1) is 0 Å². The maximum Gasteiger partial charge on any atom is 0.146 e. The molecule has 0 radical (unpaired) electrons. The third kappa shape index (κ3) is 2.96. The molecular formula is C17H19O3P. The number of hydrogen-bond acceptors (Lipinski definition) is 3. The van der Waals surface area contributed by atoms with Crippen molar-refractivity contribution in [1.82, 2.24) is 0 Å². The average molecular weight is 302 g/mol. The lowest BCUT2D eigenvalue weighted by atomic mass is 10.1. The Labute approximate surface area is 125 Å². The standard InChI is InChI=1S/C17H19O3P/c1-17(18,16-12-20-16)13-21(19,14-8-4-2-5-9-14)15-10-6-3-7-11-15/h2-11,16,18H,12-13H2,1H3/t16-,17-/m0/s1. The van der Waals surface area contributed by atoms with Gasteiger partial charge in [-0.25, -0.2) is 0 Å². The van der Waals surface area contributed by atoms with Crippen LogP contribution in [0.4, 0.5) is 0 Å². The second-order valence-electron chi connectivity index (χ2n) is 5.75. The van der Waals surface area contributed by atoms with E-state index in [0.29, 0.717) is 6.61 Å². The van der Waals surface area contributed by atoms with E-state index in [-0.39, 0.29) is 12.3 Å². The minimum Gasteiger partial charge on any atom is -0.387 e. The molecule has 1 aliphatic heterocycles. The lowest BCUT2D eigenvalue weighted by Gasteiger charge is -2.28. The molecule has 1 saturated heterocycles. The summed E-state index contributed by atoms with van der Waals surface area (Å²) in [6.45, 7) is 2.25. The summed E-state index contributed by atoms with van der Waals surface area (Å²) in [7, 11) is -2.89. The zero-order valence-electron chi connectivity index (χ0n) is 12.0. The molecule has 0 aromatic heterocycles. The Morgan fingerprint density at radius 3 is 1.90 bits per heavy atom. The number of epoxide rings is 1. The summed E-state index contributed by atoms with van der Waals surface area (Å²) < 4.78 is 19.0. The van der Waals surface area contributed by atoms with Crippen LogP contribution >= 0.6 is 7.14 Å². The van der Waals surface area contributed by atoms with Crippen molar-refractivity contribution in [3.8, 4) is 0 Å². The van der Waals surface area contributed by atoms with Crippen molar-refractivity contribution in [2.45, 2.75) is 18.6 Å². The Morgan fingerprint density at radius 1 is 1.10 bits per heavy atom. The van der Waals surface area contributed by atoms with Crippen LogP contribution in [-0.2, 0) is 9.30 Å². The minimum absolute atomic E-state index is 0.193. The van der Waals surface area contributed by atoms with Crippen LogP contribution in [-0.4, -0.2) is 29.6 Å². The number of ether oxygens (including phenoxy) is 1. The molecule has 110 valence electrons. The molecule has 0 bridgehead atoms. The highest BCUT2D eigenvalue weighted by atomic mass is 31.2. The number of benzene rings is 2. The Kier molecular flexibility index (Phi) is 3.75. The maximum absolute atomic E-state index is 13.7. The Bertz CT molecular complexity index is 605. The van der Waals surface area contributed by atoms with Gasteiger partial charge in [0.05, 0.1) is 12.2 Å². The first-order valence-electron chi connectivity index (χ1n) is 7.07. The molecule has 1 heterocycles. The van der Waals surface area contributed by atoms with Crippen molar-refractivity contribution < 1.29 is 14.4 Å². The van der Waals surface area contributed by atoms with Crippen LogP contribution in [0.5, 0.6) is 0 Å². The third-order valence-electron chi connectivity index (χ3n) is 3.92. The summed E-state index contributed by atoms with van der Waals surface area (Å²) in [5.41, 5.74) is -1.08. The molecule has 2 atom stereocenters. The molecule has 2 aromatic carbocycles. The molecule has 1 fully saturated rings. The summed E-state index contributed by atoms with van der Waals surface area (Å²) in [5, 5.41) is 12.2. The van der Waals surface area contributed by atoms with Crippen molar-refractivity contribution in [3.05, 3.63) is 60.7 Å². The van der Waals surface area contributed by atoms with Gasteiger partial charge in [-0.3, -0.25) is 0 Å². The lowest BCUT2D eigenvalue weighted by Crippen LogP contribution is -2.39. The maximum atomic E-state index is 13.7. The number of rotatable bonds is 5. The van der Waals surface area contributed by atoms with Crippen molar-refractivity contribution in [2.24, 2.45) is 0 Å². The van der Waals surface area contributed by atoms with Crippen LogP contribution in [0.3, 0.4) is 0 Å². The van der Waals surface area contributed by atoms with Gasteiger partial charge in [0.1, 0.15) is 13.2 Å². The summed E-state index contributed by atoms with van der Waals surface area (Å²) in [6, 6.07) is 18.8. The zero-order chi connectivity index (χ0) is 14.9. The van der Waals surface area contributed by atoms with Gasteiger partial charge in [0.2, 0.25) is 0 Å². The molecule has 1 aliphatic rings. The van der Waals surface area contributed by atoms with E-state index in [0.717, 1.165) is 10.6 Å². The Hall–Kier alpha value is -1.41. The highest BCUT2D eigenvalue weighted by Gasteiger charge is 2.47. The van der Waals surface area contributed by atoms with Crippen LogP contribution in [0.25, 0.3) is 0 Å². The van der Waals surface area contributed by atoms with E-state index in [2.05, 4.69) is 0 Å². The smallest absolute Gasteiger partial charge is 0.146 e. The molecule has 0 unspecified atom stereocenters. The fourth-order valence-corrected chi connectivity index (χ4v) is 5.71. The Morgan fingerprint density at radius 2 is 1.52 bits per heavy atom. The van der Waals surface area contributed by atoms with Gasteiger partial charge in [-0.15, -0.1) is 0 Å². The highest BCUT2D eigenvalue weighted by molar-refractivity contribution is 7.78. The number of aliphatic hydroxyl groups is 1. The molecule has 2 aromatic rings. The quantitative estimate of drug-likeness (QED) is 0.680. The van der Waals surface area contributed by atoms with Crippen LogP contribution in [0.15, 0.2) is 60.7 Å². The van der Waals surface area contributed by atoms with Gasteiger partial charge in [0, 0.05) is 16.8 Å². The van der Waals surface area contributed by atoms with E-state index >= 15 is 0 Å². The lowest BCUT2D eigenvalue weighted by molar-refractivity contribution is 0.0513. The van der Waals surface area contributed by atoms with E-state index in [9.17, 15) is 9.67 Å². The number of hydrogen-bond donors (Lipinski definition) is 1. The average Bonchev–Trinajstić information content (AvgIpc) is 3.34. The first kappa shape index (κ1) is 14.5. The molecule has 1 N–H and O–H groups in total.